The van der Waals surface area contributed by atoms with Gasteiger partial charge in [0.25, 0.3) is 0 Å². The molecule has 0 bridgehead atoms. The molecule has 0 aliphatic heterocycles. The van der Waals surface area contributed by atoms with Crippen LogP contribution in [0.15, 0.2) is 12.1 Å². The number of nitrogens with zero attached hydrogens (tertiary/aromatic N) is 1. The lowest BCUT2D eigenvalue weighted by Gasteiger charge is -2.14. The first kappa shape index (κ1) is 14.8. The highest BCUT2D eigenvalue weighted by atomic mass is 35.5. The molecule has 1 rings (SSSR count). The van der Waals surface area contributed by atoms with Crippen LogP contribution in [-0.2, 0) is 4.79 Å². The van der Waals surface area contributed by atoms with Gasteiger partial charge in [-0.05, 0) is 26.2 Å². The molecule has 0 unspecified atom stereocenters. The zero-order valence-corrected chi connectivity index (χ0v) is 11.3. The second-order valence-corrected chi connectivity index (χ2v) is 4.68. The van der Waals surface area contributed by atoms with Crippen LogP contribution in [0.2, 0.25) is 10.0 Å². The summed E-state index contributed by atoms with van der Waals surface area (Å²) in [6.45, 7) is 0.113. The smallest absolute Gasteiger partial charge is 0.339 e. The van der Waals surface area contributed by atoms with E-state index >= 15 is 0 Å². The van der Waals surface area contributed by atoms with Crippen molar-refractivity contribution in [3.63, 3.8) is 0 Å². The van der Waals surface area contributed by atoms with Crippen LogP contribution in [0.1, 0.15) is 10.4 Å². The molecule has 7 heteroatoms. The molecule has 18 heavy (non-hydrogen) atoms. The van der Waals surface area contributed by atoms with E-state index in [1.807, 2.05) is 0 Å². The highest BCUT2D eigenvalue weighted by Crippen LogP contribution is 2.31. The van der Waals surface area contributed by atoms with Gasteiger partial charge in [0.05, 0.1) is 22.3 Å². The second-order valence-electron chi connectivity index (χ2n) is 3.87. The molecule has 0 fully saturated rings. The molecule has 0 radical (unpaired) electrons. The minimum atomic E-state index is -1.25. The molecular weight excluding hydrogens is 279 g/mol. The Balaban J connectivity index is 3.11. The fourth-order valence-electron chi connectivity index (χ4n) is 1.35. The first-order valence-corrected chi connectivity index (χ1v) is 5.74. The zero-order chi connectivity index (χ0) is 13.9. The Bertz CT molecular complexity index is 489. The normalized spacial score (nSPS) is 10.5. The predicted octanol–water partition coefficient (Wildman–Crippen LogP) is 2.19. The van der Waals surface area contributed by atoms with Crippen LogP contribution in [0.4, 0.5) is 5.69 Å². The van der Waals surface area contributed by atoms with Crippen molar-refractivity contribution in [2.24, 2.45) is 0 Å². The third-order valence-electron chi connectivity index (χ3n) is 2.04. The lowest BCUT2D eigenvalue weighted by Crippen LogP contribution is -2.28. The van der Waals surface area contributed by atoms with E-state index in [9.17, 15) is 9.59 Å². The zero-order valence-electron chi connectivity index (χ0n) is 9.83. The number of likely N-dealkylation sites (N-methyl/N-ethyl adjacent to an activating group) is 1. The number of hydrogen-bond donors (Lipinski definition) is 2. The summed E-state index contributed by atoms with van der Waals surface area (Å²) in [6, 6.07) is 2.80. The highest BCUT2D eigenvalue weighted by molar-refractivity contribution is 6.38. The maximum atomic E-state index is 11.6. The Kier molecular flexibility index (Phi) is 4.95. The molecular formula is C11H12Cl2N2O3. The Labute approximate surface area is 114 Å². The SMILES string of the molecule is CN(C)CC(=O)Nc1c(Cl)ccc(Cl)c1C(=O)O. The van der Waals surface area contributed by atoms with Gasteiger partial charge in [0.1, 0.15) is 5.56 Å². The molecule has 0 saturated heterocycles. The number of aromatic carboxylic acids is 1. The molecule has 98 valence electrons. The van der Waals surface area contributed by atoms with Crippen molar-refractivity contribution in [3.8, 4) is 0 Å². The van der Waals surface area contributed by atoms with E-state index in [-0.39, 0.29) is 33.7 Å². The summed E-state index contributed by atoms with van der Waals surface area (Å²) in [7, 11) is 3.44. The van der Waals surface area contributed by atoms with Gasteiger partial charge in [0.2, 0.25) is 5.91 Å². The second kappa shape index (κ2) is 6.04. The molecule has 2 N–H and O–H groups in total. The van der Waals surface area contributed by atoms with E-state index < -0.39 is 5.97 Å². The number of benzene rings is 1. The molecule has 0 aliphatic rings. The van der Waals surface area contributed by atoms with Crippen LogP contribution in [0, 0.1) is 0 Å². The standard InChI is InChI=1S/C11H12Cl2N2O3/c1-15(2)5-8(16)14-10-7(13)4-3-6(12)9(10)11(17)18/h3-4H,5H2,1-2H3,(H,14,16)(H,17,18). The largest absolute Gasteiger partial charge is 0.478 e. The van der Waals surface area contributed by atoms with Gasteiger partial charge in [-0.25, -0.2) is 4.79 Å². The van der Waals surface area contributed by atoms with Gasteiger partial charge < -0.3 is 15.3 Å². The molecule has 5 nitrogen and oxygen atoms in total. The van der Waals surface area contributed by atoms with Gasteiger partial charge in [0, 0.05) is 0 Å². The Morgan fingerprint density at radius 1 is 1.28 bits per heavy atom. The van der Waals surface area contributed by atoms with E-state index in [4.69, 9.17) is 28.3 Å². The fraction of sp³-hybridized carbons (Fsp3) is 0.273. The van der Waals surface area contributed by atoms with Gasteiger partial charge in [-0.15, -0.1) is 0 Å². The monoisotopic (exact) mass is 290 g/mol. The number of rotatable bonds is 4. The van der Waals surface area contributed by atoms with Gasteiger partial charge >= 0.3 is 5.97 Å². The number of hydrogen-bond acceptors (Lipinski definition) is 3. The molecule has 1 aromatic rings. The maximum absolute atomic E-state index is 11.6. The van der Waals surface area contributed by atoms with Crippen molar-refractivity contribution in [2.75, 3.05) is 26.0 Å². The van der Waals surface area contributed by atoms with E-state index in [1.165, 1.54) is 12.1 Å². The van der Waals surface area contributed by atoms with Gasteiger partial charge in [0.15, 0.2) is 0 Å². The third-order valence-corrected chi connectivity index (χ3v) is 2.67. The lowest BCUT2D eigenvalue weighted by atomic mass is 10.1. The molecule has 0 saturated carbocycles. The van der Waals surface area contributed by atoms with Crippen molar-refractivity contribution in [1.82, 2.24) is 4.90 Å². The fourth-order valence-corrected chi connectivity index (χ4v) is 1.79. The number of anilines is 1. The minimum absolute atomic E-state index is 0.0171. The van der Waals surface area contributed by atoms with E-state index in [1.54, 1.807) is 19.0 Å². The molecule has 0 spiro atoms. The van der Waals surface area contributed by atoms with Crippen LogP contribution in [0.3, 0.4) is 0 Å². The minimum Gasteiger partial charge on any atom is -0.478 e. The summed E-state index contributed by atoms with van der Waals surface area (Å²) < 4.78 is 0. The molecule has 1 amide bonds. The lowest BCUT2D eigenvalue weighted by molar-refractivity contribution is -0.116. The summed E-state index contributed by atoms with van der Waals surface area (Å²) in [5, 5.41) is 11.7. The molecule has 0 heterocycles. The number of carboxylic acids is 1. The summed E-state index contributed by atoms with van der Waals surface area (Å²) >= 11 is 11.7. The van der Waals surface area contributed by atoms with Gasteiger partial charge in [-0.3, -0.25) is 4.79 Å². The number of carbonyl (C=O) groups is 2. The molecule has 1 aromatic carbocycles. The van der Waals surface area contributed by atoms with Crippen LogP contribution in [0.25, 0.3) is 0 Å². The number of carboxylic acid groups (broad SMARTS) is 1. The Morgan fingerprint density at radius 3 is 2.33 bits per heavy atom. The maximum Gasteiger partial charge on any atom is 0.339 e. The first-order chi connectivity index (χ1) is 8.32. The average molecular weight is 291 g/mol. The van der Waals surface area contributed by atoms with Crippen LogP contribution in [-0.4, -0.2) is 42.5 Å². The molecule has 0 atom stereocenters. The predicted molar refractivity (Wildman–Crippen MR) is 70.6 cm³/mol. The molecule has 0 aromatic heterocycles. The van der Waals surface area contributed by atoms with Crippen molar-refractivity contribution < 1.29 is 14.7 Å². The van der Waals surface area contributed by atoms with Gasteiger partial charge in [-0.2, -0.15) is 0 Å². The average Bonchev–Trinajstić information content (AvgIpc) is 2.21. The number of nitrogens with one attached hydrogen (secondary N) is 1. The number of halogens is 2. The van der Waals surface area contributed by atoms with Crippen molar-refractivity contribution in [2.45, 2.75) is 0 Å². The van der Waals surface area contributed by atoms with E-state index in [0.717, 1.165) is 0 Å². The van der Waals surface area contributed by atoms with Crippen LogP contribution < -0.4 is 5.32 Å². The number of carbonyl (C=O) groups excluding carboxylic acids is 1. The Morgan fingerprint density at radius 2 is 1.83 bits per heavy atom. The van der Waals surface area contributed by atoms with E-state index in [2.05, 4.69) is 5.32 Å². The quantitative estimate of drug-likeness (QED) is 0.892. The summed E-state index contributed by atoms with van der Waals surface area (Å²) in [4.78, 5) is 24.4. The van der Waals surface area contributed by atoms with E-state index in [0.29, 0.717) is 0 Å². The highest BCUT2D eigenvalue weighted by Gasteiger charge is 2.19. The van der Waals surface area contributed by atoms with Crippen molar-refractivity contribution in [3.05, 3.63) is 27.7 Å². The van der Waals surface area contributed by atoms with Crippen molar-refractivity contribution in [1.29, 1.82) is 0 Å². The number of amides is 1. The third kappa shape index (κ3) is 3.60. The summed E-state index contributed by atoms with van der Waals surface area (Å²) in [5.74, 6) is -1.62. The van der Waals surface area contributed by atoms with Crippen molar-refractivity contribution >= 4 is 40.8 Å². The Hall–Kier alpha value is -1.30. The van der Waals surface area contributed by atoms with Gasteiger partial charge in [-0.1, -0.05) is 23.2 Å². The molecule has 0 aliphatic carbocycles. The summed E-state index contributed by atoms with van der Waals surface area (Å²) in [5.41, 5.74) is -0.195. The first-order valence-electron chi connectivity index (χ1n) is 4.98. The van der Waals surface area contributed by atoms with Crippen LogP contribution in [0.5, 0.6) is 0 Å². The summed E-state index contributed by atoms with van der Waals surface area (Å²) in [6.07, 6.45) is 0. The topological polar surface area (TPSA) is 69.6 Å². The van der Waals surface area contributed by atoms with Crippen LogP contribution >= 0.6 is 23.2 Å².